The molecule has 1 fully saturated rings. The van der Waals surface area contributed by atoms with Crippen LogP contribution in [0.2, 0.25) is 10.0 Å². The van der Waals surface area contributed by atoms with Gasteiger partial charge in [0.15, 0.2) is 0 Å². The van der Waals surface area contributed by atoms with E-state index in [4.69, 9.17) is 23.2 Å². The van der Waals surface area contributed by atoms with Crippen molar-refractivity contribution in [3.05, 3.63) is 99.8 Å². The van der Waals surface area contributed by atoms with Crippen LogP contribution in [0.25, 0.3) is 0 Å². The van der Waals surface area contributed by atoms with Gasteiger partial charge < -0.3 is 10.2 Å². The third-order valence-electron chi connectivity index (χ3n) is 7.82. The van der Waals surface area contributed by atoms with E-state index >= 15 is 0 Å². The van der Waals surface area contributed by atoms with E-state index in [1.807, 2.05) is 30.3 Å². The van der Waals surface area contributed by atoms with Crippen LogP contribution in [0.1, 0.15) is 56.1 Å². The van der Waals surface area contributed by atoms with Crippen LogP contribution in [0.15, 0.2) is 72.8 Å². The number of amides is 2. The van der Waals surface area contributed by atoms with Gasteiger partial charge in [0.25, 0.3) is 0 Å². The number of carbonyl (C=O) groups excluding carboxylic acids is 2. The van der Waals surface area contributed by atoms with Gasteiger partial charge in [-0.2, -0.15) is 0 Å². The van der Waals surface area contributed by atoms with E-state index in [1.54, 1.807) is 18.2 Å². The molecule has 1 saturated carbocycles. The van der Waals surface area contributed by atoms with Crippen molar-refractivity contribution in [1.29, 1.82) is 0 Å². The Morgan fingerprint density at radius 2 is 1.64 bits per heavy atom. The number of hydrogen-bond donors (Lipinski definition) is 1. The molecular weight excluding hydrogens is 624 g/mol. The first-order valence-corrected chi connectivity index (χ1v) is 17.4. The van der Waals surface area contributed by atoms with Gasteiger partial charge in [-0.15, -0.1) is 0 Å². The van der Waals surface area contributed by atoms with Gasteiger partial charge in [0.2, 0.25) is 21.8 Å². The molecule has 1 aliphatic carbocycles. The van der Waals surface area contributed by atoms with Gasteiger partial charge >= 0.3 is 0 Å². The maximum Gasteiger partial charge on any atom is 0.243 e. The molecule has 0 saturated heterocycles. The highest BCUT2D eigenvalue weighted by molar-refractivity contribution is 7.92. The summed E-state index contributed by atoms with van der Waals surface area (Å²) in [6.07, 6.45) is 6.49. The average molecular weight is 663 g/mol. The second kappa shape index (κ2) is 15.7. The number of halogens is 3. The third kappa shape index (κ3) is 9.68. The molecule has 1 atom stereocenters. The molecule has 1 N–H and O–H groups in total. The Balaban J connectivity index is 1.60. The zero-order chi connectivity index (χ0) is 31.7. The predicted octanol–water partition coefficient (Wildman–Crippen LogP) is 6.77. The number of nitrogens with zero attached hydrogens (tertiary/aromatic N) is 2. The molecule has 1 aliphatic rings. The average Bonchev–Trinajstić information content (AvgIpc) is 2.99. The molecule has 0 heterocycles. The Hall–Kier alpha value is -3.14. The summed E-state index contributed by atoms with van der Waals surface area (Å²) in [7, 11) is -3.75. The standard InChI is InChI=1S/C33H38Cl2FN3O4S/c1-44(42,43)39(30-22-26(34)16-19-29(30)35)20-8-13-32(40)38(23-25-14-17-27(36)18-15-25)31(21-24-9-4-2-5-10-24)33(41)37-28-11-6-3-7-12-28/h2,4-5,9-10,14-19,22,28,31H,3,6-8,11-13,20-21,23H2,1H3,(H,37,41)/t31-/m1/s1. The molecule has 0 aliphatic heterocycles. The van der Waals surface area contributed by atoms with E-state index in [1.165, 1.54) is 29.2 Å². The number of sulfonamides is 1. The lowest BCUT2D eigenvalue weighted by molar-refractivity contribution is -0.141. The summed E-state index contributed by atoms with van der Waals surface area (Å²) < 4.78 is 40.3. The zero-order valence-electron chi connectivity index (χ0n) is 24.7. The molecule has 7 nitrogen and oxygen atoms in total. The van der Waals surface area contributed by atoms with Crippen LogP contribution in [0.3, 0.4) is 0 Å². The van der Waals surface area contributed by atoms with E-state index in [2.05, 4.69) is 5.32 Å². The predicted molar refractivity (Wildman–Crippen MR) is 174 cm³/mol. The number of nitrogens with one attached hydrogen (secondary N) is 1. The van der Waals surface area contributed by atoms with Crippen molar-refractivity contribution in [2.24, 2.45) is 0 Å². The molecule has 236 valence electrons. The first kappa shape index (κ1) is 33.7. The first-order valence-electron chi connectivity index (χ1n) is 14.8. The van der Waals surface area contributed by atoms with E-state index in [0.717, 1.165) is 48.2 Å². The minimum Gasteiger partial charge on any atom is -0.352 e. The summed E-state index contributed by atoms with van der Waals surface area (Å²) in [5.74, 6) is -0.956. The normalized spacial score (nSPS) is 14.5. The quantitative estimate of drug-likeness (QED) is 0.219. The topological polar surface area (TPSA) is 86.8 Å². The van der Waals surface area contributed by atoms with Crippen molar-refractivity contribution in [2.45, 2.75) is 70.0 Å². The summed E-state index contributed by atoms with van der Waals surface area (Å²) in [5, 5.41) is 3.73. The van der Waals surface area contributed by atoms with Crippen LogP contribution in [-0.4, -0.2) is 50.0 Å². The number of carbonyl (C=O) groups is 2. The fourth-order valence-electron chi connectivity index (χ4n) is 5.54. The highest BCUT2D eigenvalue weighted by atomic mass is 35.5. The van der Waals surface area contributed by atoms with Gasteiger partial charge in [-0.05, 0) is 60.7 Å². The lowest BCUT2D eigenvalue weighted by Gasteiger charge is -2.34. The van der Waals surface area contributed by atoms with Crippen LogP contribution in [0, 0.1) is 5.82 Å². The molecule has 4 rings (SSSR count). The fourth-order valence-corrected chi connectivity index (χ4v) is 6.95. The van der Waals surface area contributed by atoms with E-state index in [9.17, 15) is 22.4 Å². The molecule has 0 spiro atoms. The summed E-state index contributed by atoms with van der Waals surface area (Å²) in [6.45, 7) is 0.0667. The van der Waals surface area contributed by atoms with Crippen LogP contribution in [0.4, 0.5) is 10.1 Å². The lowest BCUT2D eigenvalue weighted by Crippen LogP contribution is -2.52. The van der Waals surface area contributed by atoms with Gasteiger partial charge in [0.05, 0.1) is 17.0 Å². The van der Waals surface area contributed by atoms with E-state index in [-0.39, 0.29) is 54.5 Å². The number of benzene rings is 3. The molecule has 44 heavy (non-hydrogen) atoms. The zero-order valence-corrected chi connectivity index (χ0v) is 27.1. The molecule has 0 bridgehead atoms. The first-order chi connectivity index (χ1) is 21.0. The van der Waals surface area contributed by atoms with Crippen molar-refractivity contribution < 1.29 is 22.4 Å². The number of hydrogen-bond acceptors (Lipinski definition) is 4. The second-order valence-corrected chi connectivity index (χ2v) is 14.0. The Morgan fingerprint density at radius 3 is 2.30 bits per heavy atom. The third-order valence-corrected chi connectivity index (χ3v) is 9.55. The van der Waals surface area contributed by atoms with Gasteiger partial charge in [0.1, 0.15) is 11.9 Å². The summed E-state index contributed by atoms with van der Waals surface area (Å²) in [6, 6.07) is 19.1. The molecule has 3 aromatic rings. The van der Waals surface area contributed by atoms with Crippen molar-refractivity contribution in [2.75, 3.05) is 17.1 Å². The monoisotopic (exact) mass is 661 g/mol. The van der Waals surface area contributed by atoms with E-state index in [0.29, 0.717) is 17.0 Å². The maximum absolute atomic E-state index is 14.0. The minimum atomic E-state index is -3.75. The van der Waals surface area contributed by atoms with Crippen LogP contribution in [-0.2, 0) is 32.6 Å². The molecule has 11 heteroatoms. The SMILES string of the molecule is CS(=O)(=O)N(CCCC(=O)N(Cc1ccc(F)cc1)[C@H](Cc1ccccc1)C(=O)NC1CCCCC1)c1cc(Cl)ccc1Cl. The summed E-state index contributed by atoms with van der Waals surface area (Å²) in [4.78, 5) is 29.4. The summed E-state index contributed by atoms with van der Waals surface area (Å²) in [5.41, 5.74) is 1.80. The molecule has 3 aromatic carbocycles. The number of anilines is 1. The van der Waals surface area contributed by atoms with E-state index < -0.39 is 21.9 Å². The van der Waals surface area contributed by atoms with Gasteiger partial charge in [-0.3, -0.25) is 13.9 Å². The van der Waals surface area contributed by atoms with Gasteiger partial charge in [0, 0.05) is 37.0 Å². The smallest absolute Gasteiger partial charge is 0.243 e. The molecule has 0 aromatic heterocycles. The molecule has 0 radical (unpaired) electrons. The van der Waals surface area contributed by atoms with Crippen LogP contribution < -0.4 is 9.62 Å². The molecular formula is C33H38Cl2FN3O4S. The van der Waals surface area contributed by atoms with Gasteiger partial charge in [-0.25, -0.2) is 12.8 Å². The van der Waals surface area contributed by atoms with Gasteiger partial charge in [-0.1, -0.05) is 84.9 Å². The summed E-state index contributed by atoms with van der Waals surface area (Å²) >= 11 is 12.4. The Bertz CT molecular complexity index is 1520. The maximum atomic E-state index is 14.0. The fraction of sp³-hybridized carbons (Fsp3) is 0.394. The lowest BCUT2D eigenvalue weighted by atomic mass is 9.94. The van der Waals surface area contributed by atoms with Crippen molar-refractivity contribution in [3.8, 4) is 0 Å². The van der Waals surface area contributed by atoms with Crippen molar-refractivity contribution >= 4 is 50.7 Å². The largest absolute Gasteiger partial charge is 0.352 e. The van der Waals surface area contributed by atoms with Crippen molar-refractivity contribution in [1.82, 2.24) is 10.2 Å². The molecule has 2 amide bonds. The van der Waals surface area contributed by atoms with Crippen molar-refractivity contribution in [3.63, 3.8) is 0 Å². The Morgan fingerprint density at radius 1 is 0.955 bits per heavy atom. The van der Waals surface area contributed by atoms with Crippen LogP contribution >= 0.6 is 23.2 Å². The Kier molecular flexibility index (Phi) is 12.1. The van der Waals surface area contributed by atoms with Crippen LogP contribution in [0.5, 0.6) is 0 Å². The number of rotatable bonds is 13. The Labute approximate surface area is 269 Å². The highest BCUT2D eigenvalue weighted by Gasteiger charge is 2.32. The second-order valence-electron chi connectivity index (χ2n) is 11.2. The molecule has 0 unspecified atom stereocenters. The highest BCUT2D eigenvalue weighted by Crippen LogP contribution is 2.31. The minimum absolute atomic E-state index is 0.0212.